The third-order valence-electron chi connectivity index (χ3n) is 2.58. The molecule has 15 heavy (non-hydrogen) atoms. The Balaban J connectivity index is 2.69. The van der Waals surface area contributed by atoms with Gasteiger partial charge in [0.15, 0.2) is 0 Å². The molecule has 0 aliphatic heterocycles. The number of furan rings is 1. The Morgan fingerprint density at radius 1 is 1.27 bits per heavy atom. The first-order valence-electron chi connectivity index (χ1n) is 5.02. The summed E-state index contributed by atoms with van der Waals surface area (Å²) >= 11 is 0. The molecular weight excluding hydrogens is 184 g/mol. The van der Waals surface area contributed by atoms with Gasteiger partial charge in [0.05, 0.1) is 0 Å². The average molecular weight is 198 g/mol. The number of benzene rings is 1. The number of hydrogen-bond donors (Lipinski definition) is 0. The minimum atomic E-state index is 0.916. The molecule has 1 heterocycles. The maximum absolute atomic E-state index is 5.80. The first-order valence-corrected chi connectivity index (χ1v) is 5.02. The fourth-order valence-corrected chi connectivity index (χ4v) is 1.72. The Kier molecular flexibility index (Phi) is 2.46. The molecule has 0 atom stereocenters. The molecule has 2 aromatic rings. The topological polar surface area (TPSA) is 13.1 Å². The highest BCUT2D eigenvalue weighted by Gasteiger charge is 2.08. The van der Waals surface area contributed by atoms with Gasteiger partial charge in [-0.3, -0.25) is 0 Å². The lowest BCUT2D eigenvalue weighted by atomic mass is 10.1. The number of para-hydroxylation sites is 1. The van der Waals surface area contributed by atoms with Crippen molar-refractivity contribution in [1.82, 2.24) is 0 Å². The van der Waals surface area contributed by atoms with Gasteiger partial charge >= 0.3 is 0 Å². The molecule has 0 aliphatic carbocycles. The summed E-state index contributed by atoms with van der Waals surface area (Å²) in [5.41, 5.74) is 3.35. The Morgan fingerprint density at radius 3 is 2.73 bits per heavy atom. The number of rotatable bonds is 2. The van der Waals surface area contributed by atoms with Gasteiger partial charge < -0.3 is 4.42 Å². The van der Waals surface area contributed by atoms with Gasteiger partial charge in [-0.2, -0.15) is 0 Å². The molecule has 1 nitrogen and oxygen atoms in total. The fourth-order valence-electron chi connectivity index (χ4n) is 1.72. The molecule has 0 bridgehead atoms. The van der Waals surface area contributed by atoms with Crippen molar-refractivity contribution in [3.63, 3.8) is 0 Å². The summed E-state index contributed by atoms with van der Waals surface area (Å²) in [6, 6.07) is 6.21. The lowest BCUT2D eigenvalue weighted by Gasteiger charge is -1.92. The highest BCUT2D eigenvalue weighted by atomic mass is 16.3. The molecule has 1 aromatic carbocycles. The van der Waals surface area contributed by atoms with Gasteiger partial charge in [-0.05, 0) is 25.5 Å². The third-order valence-corrected chi connectivity index (χ3v) is 2.58. The van der Waals surface area contributed by atoms with E-state index in [9.17, 15) is 0 Å². The number of hydrogen-bond acceptors (Lipinski definition) is 1. The van der Waals surface area contributed by atoms with Crippen molar-refractivity contribution in [3.05, 3.63) is 53.8 Å². The Hall–Kier alpha value is -1.76. The lowest BCUT2D eigenvalue weighted by molar-refractivity contribution is 0.599. The van der Waals surface area contributed by atoms with Crippen LogP contribution < -0.4 is 0 Å². The van der Waals surface area contributed by atoms with Crippen LogP contribution in [0.15, 0.2) is 41.3 Å². The van der Waals surface area contributed by atoms with Gasteiger partial charge in [0, 0.05) is 10.9 Å². The van der Waals surface area contributed by atoms with Crippen LogP contribution in [0.3, 0.4) is 0 Å². The molecule has 1 heteroatoms. The third kappa shape index (κ3) is 1.61. The second kappa shape index (κ2) is 3.77. The van der Waals surface area contributed by atoms with E-state index >= 15 is 0 Å². The number of allylic oxidation sites excluding steroid dienone is 2. The van der Waals surface area contributed by atoms with Crippen LogP contribution in [0.2, 0.25) is 0 Å². The molecule has 0 radical (unpaired) electrons. The zero-order chi connectivity index (χ0) is 10.8. The van der Waals surface area contributed by atoms with Gasteiger partial charge in [0.2, 0.25) is 0 Å². The van der Waals surface area contributed by atoms with Crippen LogP contribution in [0.25, 0.3) is 17.0 Å². The molecule has 0 aliphatic rings. The zero-order valence-electron chi connectivity index (χ0n) is 9.08. The molecule has 0 spiro atoms. The highest BCUT2D eigenvalue weighted by Crippen LogP contribution is 2.28. The Bertz CT molecular complexity index is 530. The first-order chi connectivity index (χ1) is 7.24. The van der Waals surface area contributed by atoms with Crippen molar-refractivity contribution in [2.24, 2.45) is 0 Å². The first kappa shape index (κ1) is 9.78. The summed E-state index contributed by atoms with van der Waals surface area (Å²) < 4.78 is 5.80. The number of aryl methyl sites for hydroxylation is 2. The van der Waals surface area contributed by atoms with Crippen molar-refractivity contribution in [2.75, 3.05) is 0 Å². The van der Waals surface area contributed by atoms with E-state index in [-0.39, 0.29) is 0 Å². The summed E-state index contributed by atoms with van der Waals surface area (Å²) in [6.45, 7) is 7.79. The van der Waals surface area contributed by atoms with E-state index in [0.717, 1.165) is 11.3 Å². The molecular formula is C14H14O. The van der Waals surface area contributed by atoms with E-state index in [1.165, 1.54) is 16.5 Å². The minimum absolute atomic E-state index is 0.916. The van der Waals surface area contributed by atoms with Gasteiger partial charge in [-0.15, -0.1) is 0 Å². The molecule has 0 amide bonds. The SMILES string of the molecule is C=C/C=C\c1oc2c(C)cccc2c1C. The van der Waals surface area contributed by atoms with Gasteiger partial charge in [-0.25, -0.2) is 0 Å². The van der Waals surface area contributed by atoms with Crippen LogP contribution in [0.1, 0.15) is 16.9 Å². The van der Waals surface area contributed by atoms with Crippen LogP contribution in [0, 0.1) is 13.8 Å². The zero-order valence-corrected chi connectivity index (χ0v) is 9.08. The predicted octanol–water partition coefficient (Wildman–Crippen LogP) is 4.25. The molecule has 0 saturated heterocycles. The predicted molar refractivity (Wildman–Crippen MR) is 64.9 cm³/mol. The molecule has 1 aromatic heterocycles. The summed E-state index contributed by atoms with van der Waals surface area (Å²) in [6.07, 6.45) is 5.58. The van der Waals surface area contributed by atoms with E-state index in [0.29, 0.717) is 0 Å². The monoisotopic (exact) mass is 198 g/mol. The molecule has 0 saturated carbocycles. The molecule has 0 N–H and O–H groups in total. The maximum Gasteiger partial charge on any atom is 0.137 e. The molecule has 76 valence electrons. The van der Waals surface area contributed by atoms with E-state index < -0.39 is 0 Å². The maximum atomic E-state index is 5.80. The second-order valence-electron chi connectivity index (χ2n) is 3.64. The molecule has 0 fully saturated rings. The Morgan fingerprint density at radius 2 is 2.07 bits per heavy atom. The van der Waals surface area contributed by atoms with Gasteiger partial charge in [0.1, 0.15) is 11.3 Å². The summed E-state index contributed by atoms with van der Waals surface area (Å²) in [7, 11) is 0. The van der Waals surface area contributed by atoms with Crippen LogP contribution in [-0.4, -0.2) is 0 Å². The Labute approximate surface area is 89.7 Å². The largest absolute Gasteiger partial charge is 0.456 e. The van der Waals surface area contributed by atoms with Gasteiger partial charge in [-0.1, -0.05) is 36.9 Å². The van der Waals surface area contributed by atoms with Crippen LogP contribution in [-0.2, 0) is 0 Å². The molecule has 2 rings (SSSR count). The van der Waals surface area contributed by atoms with Gasteiger partial charge in [0.25, 0.3) is 0 Å². The molecule has 0 unspecified atom stereocenters. The van der Waals surface area contributed by atoms with Crippen molar-refractivity contribution in [2.45, 2.75) is 13.8 Å². The second-order valence-corrected chi connectivity index (χ2v) is 3.64. The van der Waals surface area contributed by atoms with Crippen LogP contribution in [0.4, 0.5) is 0 Å². The lowest BCUT2D eigenvalue weighted by Crippen LogP contribution is -1.73. The van der Waals surface area contributed by atoms with E-state index in [1.807, 2.05) is 12.2 Å². The average Bonchev–Trinajstić information content (AvgIpc) is 2.55. The summed E-state index contributed by atoms with van der Waals surface area (Å²) in [4.78, 5) is 0. The minimum Gasteiger partial charge on any atom is -0.456 e. The van der Waals surface area contributed by atoms with E-state index in [2.05, 4.69) is 38.6 Å². The quantitative estimate of drug-likeness (QED) is 0.657. The fraction of sp³-hybridized carbons (Fsp3) is 0.143. The summed E-state index contributed by atoms with van der Waals surface area (Å²) in [5, 5.41) is 1.19. The summed E-state index contributed by atoms with van der Waals surface area (Å²) in [5.74, 6) is 0.916. The van der Waals surface area contributed by atoms with E-state index in [4.69, 9.17) is 4.42 Å². The standard InChI is InChI=1S/C14H14O/c1-4-5-9-13-11(3)12-8-6-7-10(2)14(12)15-13/h4-9H,1H2,2-3H3/b9-5-. The normalized spacial score (nSPS) is 11.3. The van der Waals surface area contributed by atoms with Crippen molar-refractivity contribution in [3.8, 4) is 0 Å². The number of fused-ring (bicyclic) bond motifs is 1. The van der Waals surface area contributed by atoms with E-state index in [1.54, 1.807) is 6.08 Å². The van der Waals surface area contributed by atoms with Crippen molar-refractivity contribution >= 4 is 17.0 Å². The van der Waals surface area contributed by atoms with Crippen LogP contribution in [0.5, 0.6) is 0 Å². The van der Waals surface area contributed by atoms with Crippen LogP contribution >= 0.6 is 0 Å². The smallest absolute Gasteiger partial charge is 0.137 e. The van der Waals surface area contributed by atoms with Crippen molar-refractivity contribution < 1.29 is 4.42 Å². The van der Waals surface area contributed by atoms with Crippen molar-refractivity contribution in [1.29, 1.82) is 0 Å². The highest BCUT2D eigenvalue weighted by molar-refractivity contribution is 5.86.